The van der Waals surface area contributed by atoms with E-state index in [4.69, 9.17) is 31.0 Å². The summed E-state index contributed by atoms with van der Waals surface area (Å²) in [7, 11) is 3.85. The molecule has 6 saturated heterocycles. The molecule has 2 unspecified atom stereocenters. The zero-order chi connectivity index (χ0) is 54.5. The van der Waals surface area contributed by atoms with Crippen LogP contribution in [0.15, 0.2) is 66.9 Å². The molecule has 412 valence electrons. The largest absolute Gasteiger partial charge is 0.461 e. The molecule has 79 heavy (non-hydrogen) atoms. The van der Waals surface area contributed by atoms with Gasteiger partial charge in [-0.2, -0.15) is 15.1 Å². The van der Waals surface area contributed by atoms with E-state index in [1.165, 1.54) is 11.6 Å². The topological polar surface area (TPSA) is 166 Å². The molecule has 6 aromatic rings. The first-order valence-electron chi connectivity index (χ1n) is 27.7. The number of nitrogens with zero attached hydrogens (tertiary/aromatic N) is 10. The van der Waals surface area contributed by atoms with Gasteiger partial charge in [0.15, 0.2) is 11.6 Å². The first kappa shape index (κ1) is 52.8. The van der Waals surface area contributed by atoms with Crippen LogP contribution in [0.5, 0.6) is 6.01 Å². The molecule has 17 nitrogen and oxygen atoms in total. The fourth-order valence-corrected chi connectivity index (χ4v) is 14.6. The fourth-order valence-electron chi connectivity index (χ4n) is 13.3. The summed E-state index contributed by atoms with van der Waals surface area (Å²) in [6, 6.07) is 15.5. The highest BCUT2D eigenvalue weighted by Gasteiger charge is 2.52. The van der Waals surface area contributed by atoms with Crippen molar-refractivity contribution in [1.29, 1.82) is 0 Å². The standard InChI is InChI=1S/C59H66F2N12O5S/c1-5-44-48(60)14-10-38-7-6-8-46(51(38)44)53-52(61)54-47(29-62-53)55(71-31-40-11-12-41(32-71)64-40)66-57(65-54)78-34-59-21-15-42(73(59)30-36(2)28-59)33-77-58(76)70-23-18-43(19-24-70)79-72-25-16-37(17-26-72)39-9-13-45-49(27-39)69(4)67-56(45)68(3)22-20-50(75)63-35-74/h1,6-10,13-14,27,29,35,37,40-43,64H,2,11-12,15-26,28,30-34H2,3-4H3,(H,63,74,75)/t40-,41+,42?,59?. The van der Waals surface area contributed by atoms with Gasteiger partial charge in [-0.05, 0) is 92.9 Å². The Kier molecular flexibility index (Phi) is 14.7. The number of fused-ring (bicyclic) bond motifs is 6. The summed E-state index contributed by atoms with van der Waals surface area (Å²) in [4.78, 5) is 58.9. The van der Waals surface area contributed by atoms with E-state index in [1.807, 2.05) is 46.6 Å². The molecule has 0 spiro atoms. The van der Waals surface area contributed by atoms with Crippen molar-refractivity contribution in [2.75, 3.05) is 82.4 Å². The number of benzene rings is 3. The summed E-state index contributed by atoms with van der Waals surface area (Å²) in [6.07, 6.45) is 16.1. The van der Waals surface area contributed by atoms with Crippen LogP contribution in [-0.2, 0) is 21.4 Å². The number of terminal acetylenes is 1. The molecule has 6 aliphatic rings. The van der Waals surface area contributed by atoms with E-state index >= 15 is 8.78 Å². The third-order valence-electron chi connectivity index (χ3n) is 17.4. The maximum atomic E-state index is 17.3. The number of carbonyl (C=O) groups is 3. The van der Waals surface area contributed by atoms with E-state index in [0.29, 0.717) is 90.8 Å². The molecule has 3 aromatic heterocycles. The van der Waals surface area contributed by atoms with E-state index in [0.717, 1.165) is 86.7 Å². The molecule has 6 aliphatic heterocycles. The van der Waals surface area contributed by atoms with Crippen molar-refractivity contribution in [3.8, 4) is 29.6 Å². The highest BCUT2D eigenvalue weighted by Crippen LogP contribution is 2.45. The zero-order valence-electron chi connectivity index (χ0n) is 44.8. The number of aromatic nitrogens is 5. The molecular weight excluding hydrogens is 1030 g/mol. The Bertz CT molecular complexity index is 3400. The summed E-state index contributed by atoms with van der Waals surface area (Å²) >= 11 is 1.94. The van der Waals surface area contributed by atoms with Gasteiger partial charge < -0.3 is 29.5 Å². The first-order chi connectivity index (χ1) is 38.3. The Balaban J connectivity index is 0.658. The van der Waals surface area contributed by atoms with Gasteiger partial charge in [-0.25, -0.2) is 13.6 Å². The lowest BCUT2D eigenvalue weighted by molar-refractivity contribution is -0.125. The Morgan fingerprint density at radius 2 is 1.81 bits per heavy atom. The Morgan fingerprint density at radius 3 is 2.58 bits per heavy atom. The van der Waals surface area contributed by atoms with Crippen LogP contribution < -0.4 is 25.2 Å². The molecule has 2 N–H and O–H groups in total. The first-order valence-corrected chi connectivity index (χ1v) is 28.5. The maximum absolute atomic E-state index is 17.3. The number of imide groups is 1. The van der Waals surface area contributed by atoms with Crippen molar-refractivity contribution in [3.63, 3.8) is 0 Å². The highest BCUT2D eigenvalue weighted by molar-refractivity contribution is 7.97. The van der Waals surface area contributed by atoms with Crippen molar-refractivity contribution < 1.29 is 32.6 Å². The second-order valence-corrected chi connectivity index (χ2v) is 23.8. The third kappa shape index (κ3) is 10.3. The van der Waals surface area contributed by atoms with Gasteiger partial charge in [0.1, 0.15) is 36.1 Å². The molecule has 0 saturated carbocycles. The van der Waals surface area contributed by atoms with E-state index in [1.54, 1.807) is 24.4 Å². The lowest BCUT2D eigenvalue weighted by Crippen LogP contribution is -2.51. The van der Waals surface area contributed by atoms with Crippen molar-refractivity contribution in [3.05, 3.63) is 89.6 Å². The second kappa shape index (κ2) is 22.0. The lowest BCUT2D eigenvalue weighted by Gasteiger charge is -2.37. The molecule has 4 atom stereocenters. The summed E-state index contributed by atoms with van der Waals surface area (Å²) in [5.74, 6) is 2.73. The number of ether oxygens (including phenoxy) is 2. The Hall–Kier alpha value is -6.92. The van der Waals surface area contributed by atoms with Crippen molar-refractivity contribution in [2.24, 2.45) is 7.05 Å². The van der Waals surface area contributed by atoms with E-state index in [9.17, 15) is 14.4 Å². The van der Waals surface area contributed by atoms with Crippen LogP contribution in [0.25, 0.3) is 43.8 Å². The molecule has 12 rings (SSSR count). The quantitative estimate of drug-likeness (QED) is 0.0444. The number of pyridine rings is 1. The van der Waals surface area contributed by atoms with Crippen molar-refractivity contribution in [1.82, 2.24) is 49.5 Å². The van der Waals surface area contributed by atoms with Crippen LogP contribution in [0.2, 0.25) is 0 Å². The van der Waals surface area contributed by atoms with E-state index in [2.05, 4.69) is 60.4 Å². The molecule has 3 aromatic carbocycles. The van der Waals surface area contributed by atoms with Crippen LogP contribution >= 0.6 is 11.9 Å². The molecule has 20 heteroatoms. The summed E-state index contributed by atoms with van der Waals surface area (Å²) in [5, 5.41) is 13.6. The number of piperazine rings is 1. The van der Waals surface area contributed by atoms with Crippen LogP contribution in [0, 0.1) is 24.0 Å². The Labute approximate surface area is 462 Å². The number of halogens is 2. The number of rotatable bonds is 15. The number of likely N-dealkylation sites (tertiary alicyclic amines) is 1. The number of hydrogen-bond acceptors (Lipinski definition) is 15. The third-order valence-corrected chi connectivity index (χ3v) is 18.9. The van der Waals surface area contributed by atoms with Gasteiger partial charge in [0.2, 0.25) is 12.3 Å². The minimum atomic E-state index is -0.669. The fraction of sp³-hybridized carbons (Fsp3) is 0.475. The van der Waals surface area contributed by atoms with E-state index < -0.39 is 17.2 Å². The van der Waals surface area contributed by atoms with Gasteiger partial charge >= 0.3 is 12.1 Å². The monoisotopic (exact) mass is 1090 g/mol. The number of carbonyl (C=O) groups excluding carboxylic acids is 3. The predicted octanol–water partition coefficient (Wildman–Crippen LogP) is 7.70. The normalized spacial score (nSPS) is 22.9. The number of piperidine rings is 2. The van der Waals surface area contributed by atoms with Crippen LogP contribution in [-0.4, -0.2) is 159 Å². The highest BCUT2D eigenvalue weighted by atomic mass is 32.2. The molecule has 2 bridgehead atoms. The molecular formula is C59H66F2N12O5S. The lowest BCUT2D eigenvalue weighted by atomic mass is 9.90. The SMILES string of the molecule is C#Cc1c(F)ccc2cccc(-c3ncc4c(N5C[C@H]6CC[C@@H](C5)N6)nc(OCC56CCC(COC(=O)N7CCC(SN8CCC(c9ccc%10c(N(C)CCC(=O)NC=O)nn(C)c%10c9)CC8)CC7)N5CC(=C)C6)nc4c3F)c12. The Morgan fingerprint density at radius 1 is 1.01 bits per heavy atom. The molecule has 0 radical (unpaired) electrons. The van der Waals surface area contributed by atoms with Crippen LogP contribution in [0.1, 0.15) is 81.3 Å². The van der Waals surface area contributed by atoms with Gasteiger partial charge in [0.25, 0.3) is 0 Å². The van der Waals surface area contributed by atoms with E-state index in [-0.39, 0.29) is 72.5 Å². The average molecular weight is 1090 g/mol. The minimum absolute atomic E-state index is 0.00943. The summed E-state index contributed by atoms with van der Waals surface area (Å²) < 4.78 is 49.5. The average Bonchev–Trinajstić information content (AvgIpc) is 4.40. The van der Waals surface area contributed by atoms with Gasteiger partial charge in [-0.1, -0.05) is 60.4 Å². The number of anilines is 2. The predicted molar refractivity (Wildman–Crippen MR) is 302 cm³/mol. The number of hydrogen-bond donors (Lipinski definition) is 2. The van der Waals surface area contributed by atoms with Gasteiger partial charge in [0.05, 0.1) is 22.0 Å². The molecule has 6 fully saturated rings. The zero-order valence-corrected chi connectivity index (χ0v) is 45.6. The van der Waals surface area contributed by atoms with Gasteiger partial charge in [-0.3, -0.25) is 33.8 Å². The molecule has 0 aliphatic carbocycles. The molecule has 9 heterocycles. The van der Waals surface area contributed by atoms with Crippen molar-refractivity contribution in [2.45, 2.75) is 99.0 Å². The number of nitrogens with one attached hydrogen (secondary N) is 2. The molecule has 3 amide bonds. The number of aryl methyl sites for hydroxylation is 1. The van der Waals surface area contributed by atoms with Crippen molar-refractivity contribution >= 4 is 74.6 Å². The second-order valence-electron chi connectivity index (χ2n) is 22.4. The van der Waals surface area contributed by atoms with Crippen LogP contribution in [0.4, 0.5) is 25.2 Å². The summed E-state index contributed by atoms with van der Waals surface area (Å²) in [6.45, 7) is 10.7. The van der Waals surface area contributed by atoms with Gasteiger partial charge in [-0.15, -0.1) is 6.42 Å². The number of amides is 3. The minimum Gasteiger partial charge on any atom is -0.461 e. The van der Waals surface area contributed by atoms with Crippen LogP contribution in [0.3, 0.4) is 0 Å². The summed E-state index contributed by atoms with van der Waals surface area (Å²) in [5.41, 5.74) is 3.49. The van der Waals surface area contributed by atoms with Gasteiger partial charge in [0, 0.05) is 119 Å². The smallest absolute Gasteiger partial charge is 0.409 e. The maximum Gasteiger partial charge on any atom is 0.409 e.